The Morgan fingerprint density at radius 3 is 2.43 bits per heavy atom. The molecule has 218 valence electrons. The summed E-state index contributed by atoms with van der Waals surface area (Å²) in [6.45, 7) is 2.34. The van der Waals surface area contributed by atoms with E-state index >= 15 is 4.48 Å². The Hall–Kier alpha value is -4.46. The van der Waals surface area contributed by atoms with Crippen molar-refractivity contribution >= 4 is 45.5 Å². The van der Waals surface area contributed by atoms with E-state index in [0.29, 0.717) is 36.2 Å². The molecule has 2 amide bonds. The van der Waals surface area contributed by atoms with Gasteiger partial charge in [-0.1, -0.05) is 22.8 Å². The number of hydrogen-bond acceptors (Lipinski definition) is 4. The molecule has 14 heteroatoms. The Balaban J connectivity index is 1.53. The molecule has 5 rings (SSSR count). The molecule has 3 heterocycles. The van der Waals surface area contributed by atoms with Crippen molar-refractivity contribution < 1.29 is 31.2 Å². The van der Waals surface area contributed by atoms with Crippen LogP contribution in [0, 0.1) is 36.0 Å². The van der Waals surface area contributed by atoms with Gasteiger partial charge in [-0.05, 0) is 42.7 Å². The first-order chi connectivity index (χ1) is 19.9. The third-order valence-electron chi connectivity index (χ3n) is 6.96. The van der Waals surface area contributed by atoms with Crippen LogP contribution in [0.4, 0.5) is 36.9 Å². The van der Waals surface area contributed by atoms with Crippen LogP contribution in [-0.4, -0.2) is 63.0 Å². The standard InChI is InChI=1S/C28H22F6N6OS/c1-13-16(8-15(29)9-21(13)40(34)27(42)17-10-19(30)23(32)24(33)22(17)31)25-18-11-20(37-26(18)36-12-35-25)14-4-6-39(7-5-14)28(41)38(2)3/h4,8-12H,5-7H2,1-3H3,(H,35,36,37). The van der Waals surface area contributed by atoms with Crippen molar-refractivity contribution in [3.8, 4) is 11.3 Å². The van der Waals surface area contributed by atoms with Gasteiger partial charge in [-0.2, -0.15) is 5.12 Å². The molecule has 7 nitrogen and oxygen atoms in total. The highest BCUT2D eigenvalue weighted by molar-refractivity contribution is 7.81. The molecule has 0 bridgehead atoms. The number of amides is 2. The number of hydrogen-bond donors (Lipinski definition) is 1. The average Bonchev–Trinajstić information content (AvgIpc) is 3.42. The minimum Gasteiger partial charge on any atom is -0.339 e. The largest absolute Gasteiger partial charge is 0.339 e. The number of urea groups is 1. The molecule has 1 aliphatic rings. The van der Waals surface area contributed by atoms with Gasteiger partial charge in [-0.3, -0.25) is 0 Å². The molecule has 0 saturated carbocycles. The van der Waals surface area contributed by atoms with E-state index in [2.05, 4.69) is 15.0 Å². The van der Waals surface area contributed by atoms with Crippen LogP contribution in [0.25, 0.3) is 27.9 Å². The summed E-state index contributed by atoms with van der Waals surface area (Å²) in [7, 11) is 3.35. The lowest BCUT2D eigenvalue weighted by Crippen LogP contribution is -2.41. The number of nitrogens with zero attached hydrogens (tertiary/aromatic N) is 5. The number of aromatic nitrogens is 3. The Morgan fingerprint density at radius 2 is 1.76 bits per heavy atom. The first kappa shape index (κ1) is 29.0. The monoisotopic (exact) mass is 604 g/mol. The summed E-state index contributed by atoms with van der Waals surface area (Å²) in [6.07, 6.45) is 3.72. The van der Waals surface area contributed by atoms with Gasteiger partial charge < -0.3 is 14.8 Å². The zero-order chi connectivity index (χ0) is 30.5. The summed E-state index contributed by atoms with van der Waals surface area (Å²) in [5.41, 5.74) is 1.02. The smallest absolute Gasteiger partial charge is 0.319 e. The lowest BCUT2D eigenvalue weighted by atomic mass is 10.00. The van der Waals surface area contributed by atoms with E-state index in [9.17, 15) is 26.7 Å². The molecule has 0 saturated heterocycles. The molecule has 0 spiro atoms. The van der Waals surface area contributed by atoms with Gasteiger partial charge in [0, 0.05) is 49.9 Å². The molecule has 4 aromatic rings. The van der Waals surface area contributed by atoms with Gasteiger partial charge in [0.25, 0.3) is 0 Å². The van der Waals surface area contributed by atoms with E-state index in [-0.39, 0.29) is 34.0 Å². The zero-order valence-corrected chi connectivity index (χ0v) is 23.2. The number of carbonyl (C=O) groups excluding carboxylic acids is 1. The minimum atomic E-state index is -2.16. The first-order valence-electron chi connectivity index (χ1n) is 12.5. The fourth-order valence-electron chi connectivity index (χ4n) is 4.76. The molecule has 0 fully saturated rings. The third kappa shape index (κ3) is 5.06. The number of fused-ring (bicyclic) bond motifs is 1. The summed E-state index contributed by atoms with van der Waals surface area (Å²) in [6, 6.07) is 3.77. The normalized spacial score (nSPS) is 13.4. The van der Waals surface area contributed by atoms with Crippen LogP contribution in [0.3, 0.4) is 0 Å². The Kier molecular flexibility index (Phi) is 7.66. The highest BCUT2D eigenvalue weighted by atomic mass is 32.1. The van der Waals surface area contributed by atoms with E-state index < -0.39 is 45.3 Å². The van der Waals surface area contributed by atoms with E-state index in [1.54, 1.807) is 25.1 Å². The predicted octanol–water partition coefficient (Wildman–Crippen LogP) is 6.47. The van der Waals surface area contributed by atoms with Gasteiger partial charge in [-0.25, -0.2) is 36.7 Å². The summed E-state index contributed by atoms with van der Waals surface area (Å²) in [5.74, 6) is -8.80. The van der Waals surface area contributed by atoms with E-state index in [0.717, 1.165) is 17.7 Å². The van der Waals surface area contributed by atoms with Crippen molar-refractivity contribution in [3.63, 3.8) is 0 Å². The summed E-state index contributed by atoms with van der Waals surface area (Å²) >= 11 is 4.90. The number of aromatic amines is 1. The number of benzene rings is 2. The van der Waals surface area contributed by atoms with Crippen molar-refractivity contribution in [2.45, 2.75) is 13.3 Å². The maximum atomic E-state index is 15.5. The minimum absolute atomic E-state index is 0.105. The molecule has 0 radical (unpaired) electrons. The van der Waals surface area contributed by atoms with Crippen LogP contribution in [0.5, 0.6) is 0 Å². The molecule has 2 aromatic heterocycles. The topological polar surface area (TPSA) is 68.4 Å². The third-order valence-corrected chi connectivity index (χ3v) is 7.34. The quantitative estimate of drug-likeness (QED) is 0.0952. The number of carbonyl (C=O) groups is 1. The predicted molar refractivity (Wildman–Crippen MR) is 149 cm³/mol. The number of anilines is 1. The van der Waals surface area contributed by atoms with Gasteiger partial charge >= 0.3 is 6.03 Å². The SMILES string of the molecule is Cc1c(-c2ncnc3[nH]c(C4=CCN(C(=O)N(C)C)CC4)cc23)cc(F)cc1N(F)C(=S)c1cc(F)c(F)c(F)c1F. The van der Waals surface area contributed by atoms with Crippen molar-refractivity contribution in [3.05, 3.63) is 82.6 Å². The fourth-order valence-corrected chi connectivity index (χ4v) is 5.00. The highest BCUT2D eigenvalue weighted by Gasteiger charge is 2.27. The second-order valence-corrected chi connectivity index (χ2v) is 10.2. The van der Waals surface area contributed by atoms with Gasteiger partial charge in [0.2, 0.25) is 0 Å². The maximum Gasteiger partial charge on any atom is 0.319 e. The summed E-state index contributed by atoms with van der Waals surface area (Å²) in [4.78, 5) is 26.2. The van der Waals surface area contributed by atoms with Crippen LogP contribution in [-0.2, 0) is 0 Å². The lowest BCUT2D eigenvalue weighted by Gasteiger charge is -2.28. The van der Waals surface area contributed by atoms with Gasteiger partial charge in [0.1, 0.15) is 22.8 Å². The molecule has 1 N–H and O–H groups in total. The van der Waals surface area contributed by atoms with Crippen molar-refractivity contribution in [2.24, 2.45) is 0 Å². The number of rotatable bonds is 4. The van der Waals surface area contributed by atoms with Crippen molar-refractivity contribution in [2.75, 3.05) is 32.3 Å². The van der Waals surface area contributed by atoms with E-state index in [1.165, 1.54) is 18.2 Å². The molecule has 1 aliphatic heterocycles. The number of nitrogens with one attached hydrogen (secondary N) is 1. The fraction of sp³-hybridized carbons (Fsp3) is 0.214. The van der Waals surface area contributed by atoms with E-state index in [4.69, 9.17) is 12.2 Å². The van der Waals surface area contributed by atoms with Crippen LogP contribution in [0.1, 0.15) is 23.2 Å². The van der Waals surface area contributed by atoms with Crippen LogP contribution in [0.2, 0.25) is 0 Å². The molecule has 42 heavy (non-hydrogen) atoms. The molecule has 0 aliphatic carbocycles. The van der Waals surface area contributed by atoms with Gasteiger partial charge in [-0.15, -0.1) is 0 Å². The van der Waals surface area contributed by atoms with E-state index in [1.807, 2.05) is 6.08 Å². The lowest BCUT2D eigenvalue weighted by molar-refractivity contribution is 0.176. The summed E-state index contributed by atoms with van der Waals surface area (Å²) in [5, 5.41) is 0.183. The van der Waals surface area contributed by atoms with Gasteiger partial charge in [0.15, 0.2) is 23.3 Å². The second-order valence-electron chi connectivity index (χ2n) is 9.80. The van der Waals surface area contributed by atoms with Crippen LogP contribution in [0.15, 0.2) is 36.7 Å². The average molecular weight is 605 g/mol. The zero-order valence-electron chi connectivity index (χ0n) is 22.4. The van der Waals surface area contributed by atoms with Crippen molar-refractivity contribution in [1.29, 1.82) is 0 Å². The molecular formula is C28H22F6N6OS. The van der Waals surface area contributed by atoms with Gasteiger partial charge in [0.05, 0.1) is 16.9 Å². The second kappa shape index (κ2) is 11.1. The number of H-pyrrole nitrogens is 1. The molecule has 0 unspecified atom stereocenters. The number of halogens is 6. The Labute approximate surface area is 241 Å². The Bertz CT molecular complexity index is 1790. The Morgan fingerprint density at radius 1 is 1.02 bits per heavy atom. The van der Waals surface area contributed by atoms with Crippen LogP contribution >= 0.6 is 12.2 Å². The maximum absolute atomic E-state index is 15.5. The number of thiocarbonyl (C=S) groups is 1. The molecular weight excluding hydrogens is 582 g/mol. The first-order valence-corrected chi connectivity index (χ1v) is 12.9. The van der Waals surface area contributed by atoms with Crippen molar-refractivity contribution in [1.82, 2.24) is 24.8 Å². The highest BCUT2D eigenvalue weighted by Crippen LogP contribution is 2.37. The molecule has 0 atom stereocenters. The van der Waals surface area contributed by atoms with Crippen LogP contribution < -0.4 is 5.12 Å². The summed E-state index contributed by atoms with van der Waals surface area (Å²) < 4.78 is 85.7. The molecule has 2 aromatic carbocycles.